The molecular formula is C13H26N2O. The average molecular weight is 226 g/mol. The first-order chi connectivity index (χ1) is 7.21. The molecule has 1 saturated carbocycles. The summed E-state index contributed by atoms with van der Waals surface area (Å²) in [5.74, 6) is 0.212. The molecule has 0 heterocycles. The summed E-state index contributed by atoms with van der Waals surface area (Å²) >= 11 is 0. The van der Waals surface area contributed by atoms with E-state index in [2.05, 4.69) is 6.92 Å². The van der Waals surface area contributed by atoms with Crippen molar-refractivity contribution in [2.45, 2.75) is 65.5 Å². The van der Waals surface area contributed by atoms with Crippen LogP contribution in [0.15, 0.2) is 0 Å². The second kappa shape index (κ2) is 4.36. The van der Waals surface area contributed by atoms with E-state index in [0.717, 1.165) is 25.8 Å². The van der Waals surface area contributed by atoms with Gasteiger partial charge in [-0.25, -0.2) is 0 Å². The molecule has 0 bridgehead atoms. The first-order valence-electron chi connectivity index (χ1n) is 6.31. The van der Waals surface area contributed by atoms with Gasteiger partial charge in [0.1, 0.15) is 0 Å². The predicted molar refractivity (Wildman–Crippen MR) is 67.1 cm³/mol. The van der Waals surface area contributed by atoms with Crippen LogP contribution in [0.3, 0.4) is 0 Å². The lowest BCUT2D eigenvalue weighted by Gasteiger charge is -2.41. The Bertz CT molecular complexity index is 262. The van der Waals surface area contributed by atoms with Gasteiger partial charge in [0.2, 0.25) is 5.91 Å². The topological polar surface area (TPSA) is 46.3 Å². The highest BCUT2D eigenvalue weighted by molar-refractivity contribution is 5.84. The van der Waals surface area contributed by atoms with Crippen LogP contribution in [0.2, 0.25) is 0 Å². The zero-order chi connectivity index (χ0) is 12.6. The van der Waals surface area contributed by atoms with Gasteiger partial charge >= 0.3 is 0 Å². The maximum absolute atomic E-state index is 12.5. The molecule has 0 saturated heterocycles. The summed E-state index contributed by atoms with van der Waals surface area (Å²) in [6, 6.07) is 0.481. The SMILES string of the molecule is CCCN(C(=O)C(C)(C)C(C)(C)N)C1CC1. The number of carbonyl (C=O) groups is 1. The maximum Gasteiger partial charge on any atom is 0.230 e. The highest BCUT2D eigenvalue weighted by Crippen LogP contribution is 2.35. The molecule has 0 radical (unpaired) electrons. The molecule has 1 fully saturated rings. The van der Waals surface area contributed by atoms with Crippen LogP contribution >= 0.6 is 0 Å². The second-order valence-electron chi connectivity index (χ2n) is 6.08. The van der Waals surface area contributed by atoms with Crippen LogP contribution in [0.1, 0.15) is 53.9 Å². The molecule has 0 spiro atoms. The number of nitrogens with zero attached hydrogens (tertiary/aromatic N) is 1. The lowest BCUT2D eigenvalue weighted by molar-refractivity contribution is -0.144. The molecule has 0 atom stereocenters. The van der Waals surface area contributed by atoms with Gasteiger partial charge in [0.15, 0.2) is 0 Å². The van der Waals surface area contributed by atoms with E-state index in [1.54, 1.807) is 0 Å². The van der Waals surface area contributed by atoms with Gasteiger partial charge in [-0.1, -0.05) is 6.92 Å². The van der Waals surface area contributed by atoms with E-state index in [0.29, 0.717) is 6.04 Å². The lowest BCUT2D eigenvalue weighted by atomic mass is 9.74. The van der Waals surface area contributed by atoms with Crippen molar-refractivity contribution in [1.29, 1.82) is 0 Å². The van der Waals surface area contributed by atoms with Gasteiger partial charge in [-0.2, -0.15) is 0 Å². The summed E-state index contributed by atoms with van der Waals surface area (Å²) in [5.41, 5.74) is 5.14. The Morgan fingerprint density at radius 1 is 1.31 bits per heavy atom. The van der Waals surface area contributed by atoms with Crippen molar-refractivity contribution in [3.05, 3.63) is 0 Å². The summed E-state index contributed by atoms with van der Waals surface area (Å²) in [6.07, 6.45) is 3.34. The van der Waals surface area contributed by atoms with E-state index >= 15 is 0 Å². The highest BCUT2D eigenvalue weighted by atomic mass is 16.2. The second-order valence-corrected chi connectivity index (χ2v) is 6.08. The number of rotatable bonds is 5. The summed E-state index contributed by atoms with van der Waals surface area (Å²) < 4.78 is 0. The summed E-state index contributed by atoms with van der Waals surface area (Å²) in [7, 11) is 0. The minimum absolute atomic E-state index is 0.212. The number of nitrogens with two attached hydrogens (primary N) is 1. The minimum Gasteiger partial charge on any atom is -0.339 e. The fourth-order valence-electron chi connectivity index (χ4n) is 1.71. The van der Waals surface area contributed by atoms with Crippen LogP contribution in [-0.4, -0.2) is 28.9 Å². The summed E-state index contributed by atoms with van der Waals surface area (Å²) in [5, 5.41) is 0. The molecule has 3 heteroatoms. The van der Waals surface area contributed by atoms with Crippen molar-refractivity contribution >= 4 is 5.91 Å². The Labute approximate surface area is 99.4 Å². The van der Waals surface area contributed by atoms with Crippen molar-refractivity contribution in [1.82, 2.24) is 4.90 Å². The molecule has 0 aromatic carbocycles. The standard InChI is InChI=1S/C13H26N2O/c1-6-9-15(10-7-8-10)11(16)12(2,3)13(4,5)14/h10H,6-9,14H2,1-5H3. The van der Waals surface area contributed by atoms with Crippen LogP contribution in [0.25, 0.3) is 0 Å². The van der Waals surface area contributed by atoms with E-state index in [9.17, 15) is 4.79 Å². The number of amides is 1. The molecule has 1 aliphatic carbocycles. The quantitative estimate of drug-likeness (QED) is 0.780. The zero-order valence-corrected chi connectivity index (χ0v) is 11.3. The third-order valence-corrected chi connectivity index (χ3v) is 3.86. The molecule has 1 amide bonds. The molecule has 0 unspecified atom stereocenters. The number of hydrogen-bond acceptors (Lipinski definition) is 2. The minimum atomic E-state index is -0.495. The smallest absolute Gasteiger partial charge is 0.230 e. The van der Waals surface area contributed by atoms with E-state index in [1.165, 1.54) is 0 Å². The third kappa shape index (κ3) is 2.57. The van der Waals surface area contributed by atoms with Crippen molar-refractivity contribution in [3.8, 4) is 0 Å². The van der Waals surface area contributed by atoms with Crippen molar-refractivity contribution in [3.63, 3.8) is 0 Å². The molecule has 1 aliphatic rings. The molecule has 0 aliphatic heterocycles. The van der Waals surface area contributed by atoms with E-state index in [-0.39, 0.29) is 5.91 Å². The van der Waals surface area contributed by atoms with Gasteiger partial charge in [-0.05, 0) is 47.0 Å². The highest BCUT2D eigenvalue weighted by Gasteiger charge is 2.45. The third-order valence-electron chi connectivity index (χ3n) is 3.86. The Morgan fingerprint density at radius 3 is 2.12 bits per heavy atom. The zero-order valence-electron chi connectivity index (χ0n) is 11.3. The Hall–Kier alpha value is -0.570. The molecule has 94 valence electrons. The van der Waals surface area contributed by atoms with Crippen molar-refractivity contribution in [2.24, 2.45) is 11.1 Å². The van der Waals surface area contributed by atoms with Gasteiger partial charge in [-0.15, -0.1) is 0 Å². The monoisotopic (exact) mass is 226 g/mol. The van der Waals surface area contributed by atoms with Crippen LogP contribution in [0, 0.1) is 5.41 Å². The van der Waals surface area contributed by atoms with Gasteiger partial charge in [0.05, 0.1) is 5.41 Å². The van der Waals surface area contributed by atoms with Crippen molar-refractivity contribution in [2.75, 3.05) is 6.54 Å². The van der Waals surface area contributed by atoms with E-state index < -0.39 is 11.0 Å². The summed E-state index contributed by atoms with van der Waals surface area (Å²) in [4.78, 5) is 14.6. The van der Waals surface area contributed by atoms with Gasteiger partial charge in [0, 0.05) is 18.1 Å². The largest absolute Gasteiger partial charge is 0.339 e. The lowest BCUT2D eigenvalue weighted by Crippen LogP contribution is -2.57. The van der Waals surface area contributed by atoms with Crippen LogP contribution in [0.4, 0.5) is 0 Å². The molecule has 2 N–H and O–H groups in total. The molecule has 3 nitrogen and oxygen atoms in total. The normalized spacial score (nSPS) is 17.4. The first-order valence-corrected chi connectivity index (χ1v) is 6.31. The van der Waals surface area contributed by atoms with Crippen LogP contribution < -0.4 is 5.73 Å². The Morgan fingerprint density at radius 2 is 1.81 bits per heavy atom. The fraction of sp³-hybridized carbons (Fsp3) is 0.923. The van der Waals surface area contributed by atoms with Gasteiger partial charge < -0.3 is 10.6 Å². The Kier molecular flexibility index (Phi) is 3.68. The van der Waals surface area contributed by atoms with Gasteiger partial charge in [0.25, 0.3) is 0 Å². The molecular weight excluding hydrogens is 200 g/mol. The van der Waals surface area contributed by atoms with Crippen molar-refractivity contribution < 1.29 is 4.79 Å². The first kappa shape index (κ1) is 13.5. The molecule has 1 rings (SSSR count). The fourth-order valence-corrected chi connectivity index (χ4v) is 1.71. The predicted octanol–water partition coefficient (Wildman–Crippen LogP) is 2.15. The van der Waals surface area contributed by atoms with E-state index in [4.69, 9.17) is 5.73 Å². The maximum atomic E-state index is 12.5. The number of carbonyl (C=O) groups excluding carboxylic acids is 1. The molecule has 0 aromatic rings. The number of hydrogen-bond donors (Lipinski definition) is 1. The van der Waals surface area contributed by atoms with Gasteiger partial charge in [-0.3, -0.25) is 4.79 Å². The molecule has 16 heavy (non-hydrogen) atoms. The Balaban J connectivity index is 2.81. The average Bonchev–Trinajstić information content (AvgIpc) is 2.94. The van der Waals surface area contributed by atoms with Crippen LogP contribution in [-0.2, 0) is 4.79 Å². The molecule has 0 aromatic heterocycles. The van der Waals surface area contributed by atoms with E-state index in [1.807, 2.05) is 32.6 Å². The summed E-state index contributed by atoms with van der Waals surface area (Å²) in [6.45, 7) is 10.8. The van der Waals surface area contributed by atoms with Crippen LogP contribution in [0.5, 0.6) is 0 Å².